The van der Waals surface area contributed by atoms with Crippen LogP contribution < -0.4 is 4.90 Å². The number of carbonyl (C=O) groups is 1. The highest BCUT2D eigenvalue weighted by molar-refractivity contribution is 7.20. The third-order valence-corrected chi connectivity index (χ3v) is 7.43. The number of carbonyl (C=O) groups excluding carboxylic acids is 1. The number of thiophene rings is 1. The van der Waals surface area contributed by atoms with Gasteiger partial charge in [0, 0.05) is 40.3 Å². The van der Waals surface area contributed by atoms with Crippen molar-refractivity contribution in [2.24, 2.45) is 0 Å². The molecule has 4 aromatic rings. The van der Waals surface area contributed by atoms with E-state index in [9.17, 15) is 4.79 Å². The van der Waals surface area contributed by atoms with Gasteiger partial charge < -0.3 is 4.90 Å². The van der Waals surface area contributed by atoms with Gasteiger partial charge in [-0.25, -0.2) is 0 Å². The smallest absolute Gasteiger partial charge is 0.227 e. The number of aromatic nitrogens is 2. The molecule has 5 rings (SSSR count). The van der Waals surface area contributed by atoms with Crippen LogP contribution in [0.2, 0.25) is 0 Å². The maximum atomic E-state index is 12.4. The molecule has 5 nitrogen and oxygen atoms in total. The summed E-state index contributed by atoms with van der Waals surface area (Å²) in [6.07, 6.45) is 8.21. The minimum atomic E-state index is -0.0452. The third-order valence-electron chi connectivity index (χ3n) is 6.24. The van der Waals surface area contributed by atoms with Gasteiger partial charge in [0.05, 0.1) is 18.3 Å². The number of rotatable bonds is 7. The van der Waals surface area contributed by atoms with Crippen LogP contribution in [0, 0.1) is 0 Å². The molecular weight excluding hydrogens is 428 g/mol. The average Bonchev–Trinajstić information content (AvgIpc) is 3.56. The van der Waals surface area contributed by atoms with Crippen molar-refractivity contribution in [3.05, 3.63) is 78.5 Å². The van der Waals surface area contributed by atoms with E-state index in [-0.39, 0.29) is 5.91 Å². The van der Waals surface area contributed by atoms with Gasteiger partial charge in [0.2, 0.25) is 5.91 Å². The van der Waals surface area contributed by atoms with Crippen molar-refractivity contribution in [3.8, 4) is 0 Å². The van der Waals surface area contributed by atoms with Gasteiger partial charge in [-0.3, -0.25) is 14.4 Å². The Labute approximate surface area is 198 Å². The summed E-state index contributed by atoms with van der Waals surface area (Å²) in [6.45, 7) is 10.1. The zero-order chi connectivity index (χ0) is 22.8. The normalized spacial score (nSPS) is 14.6. The van der Waals surface area contributed by atoms with Crippen molar-refractivity contribution < 1.29 is 4.79 Å². The number of hydrogen-bond acceptors (Lipinski definition) is 4. The van der Waals surface area contributed by atoms with E-state index in [4.69, 9.17) is 0 Å². The van der Waals surface area contributed by atoms with Gasteiger partial charge in [0.25, 0.3) is 0 Å². The summed E-state index contributed by atoms with van der Waals surface area (Å²) in [4.78, 5) is 17.7. The Morgan fingerprint density at radius 2 is 1.94 bits per heavy atom. The first-order valence-electron chi connectivity index (χ1n) is 11.4. The molecule has 0 radical (unpaired) electrons. The van der Waals surface area contributed by atoms with E-state index in [1.807, 2.05) is 42.7 Å². The Morgan fingerprint density at radius 3 is 2.73 bits per heavy atom. The molecule has 33 heavy (non-hydrogen) atoms. The average molecular weight is 457 g/mol. The lowest BCUT2D eigenvalue weighted by molar-refractivity contribution is -0.115. The standard InChI is InChI=1S/C27H28N4OS/c1-20(27-18-22-7-3-4-8-26(22)33-27)11-14-30(21(2)32)24-9-10-25-23(17-24)19-28-31(25)16-15-29-12-5-6-13-29/h3-4,7-11,14,17-19H,1,5-6,12-13,15-16H2,2H3/b14-11-. The van der Waals surface area contributed by atoms with Gasteiger partial charge in [-0.1, -0.05) is 24.8 Å². The van der Waals surface area contributed by atoms with Crippen molar-refractivity contribution in [2.75, 3.05) is 24.5 Å². The largest absolute Gasteiger partial charge is 0.301 e. The number of anilines is 1. The molecule has 0 atom stereocenters. The molecule has 1 fully saturated rings. The number of allylic oxidation sites excluding steroid dienone is 2. The minimum Gasteiger partial charge on any atom is -0.301 e. The van der Waals surface area contributed by atoms with Gasteiger partial charge in [-0.2, -0.15) is 5.10 Å². The highest BCUT2D eigenvalue weighted by atomic mass is 32.1. The van der Waals surface area contributed by atoms with E-state index in [0.717, 1.165) is 40.1 Å². The topological polar surface area (TPSA) is 41.4 Å². The van der Waals surface area contributed by atoms with Crippen LogP contribution in [0.3, 0.4) is 0 Å². The summed E-state index contributed by atoms with van der Waals surface area (Å²) in [5.74, 6) is -0.0452. The fraction of sp³-hybridized carbons (Fsp3) is 0.259. The number of amides is 1. The Morgan fingerprint density at radius 1 is 1.12 bits per heavy atom. The highest BCUT2D eigenvalue weighted by Gasteiger charge is 2.14. The Bertz CT molecular complexity index is 1310. The van der Waals surface area contributed by atoms with Crippen LogP contribution in [0.5, 0.6) is 0 Å². The molecule has 1 saturated heterocycles. The summed E-state index contributed by atoms with van der Waals surface area (Å²) < 4.78 is 3.30. The van der Waals surface area contributed by atoms with Gasteiger partial charge in [0.15, 0.2) is 0 Å². The highest BCUT2D eigenvalue weighted by Crippen LogP contribution is 2.31. The van der Waals surface area contributed by atoms with Gasteiger partial charge in [-0.05, 0) is 73.3 Å². The zero-order valence-electron chi connectivity index (χ0n) is 18.9. The molecule has 1 amide bonds. The maximum absolute atomic E-state index is 12.4. The van der Waals surface area contributed by atoms with Crippen LogP contribution >= 0.6 is 11.3 Å². The fourth-order valence-electron chi connectivity index (χ4n) is 4.40. The monoisotopic (exact) mass is 456 g/mol. The van der Waals surface area contributed by atoms with Gasteiger partial charge in [0.1, 0.15) is 0 Å². The van der Waals surface area contributed by atoms with Gasteiger partial charge in [-0.15, -0.1) is 11.3 Å². The van der Waals surface area contributed by atoms with E-state index in [1.165, 1.54) is 36.0 Å². The second-order valence-electron chi connectivity index (χ2n) is 8.54. The van der Waals surface area contributed by atoms with Crippen molar-refractivity contribution in [3.63, 3.8) is 0 Å². The number of likely N-dealkylation sites (tertiary alicyclic amines) is 1. The molecule has 0 saturated carbocycles. The maximum Gasteiger partial charge on any atom is 0.227 e. The SMILES string of the molecule is C=C(/C=C\N(C(C)=O)c1ccc2c(cnn2CCN2CCCC2)c1)c1cc2ccccc2s1. The molecule has 2 aromatic heterocycles. The predicted octanol–water partition coefficient (Wildman–Crippen LogP) is 5.93. The molecule has 0 spiro atoms. The van der Waals surface area contributed by atoms with Crippen LogP contribution in [0.25, 0.3) is 26.6 Å². The predicted molar refractivity (Wildman–Crippen MR) is 139 cm³/mol. The molecule has 0 N–H and O–H groups in total. The summed E-state index contributed by atoms with van der Waals surface area (Å²) in [5.41, 5.74) is 2.81. The summed E-state index contributed by atoms with van der Waals surface area (Å²) in [7, 11) is 0. The van der Waals surface area contributed by atoms with Crippen LogP contribution in [0.15, 0.2) is 73.6 Å². The number of fused-ring (bicyclic) bond motifs is 2. The molecule has 0 bridgehead atoms. The van der Waals surface area contributed by atoms with Crippen LogP contribution in [-0.4, -0.2) is 40.2 Å². The molecule has 1 aliphatic heterocycles. The molecule has 2 aromatic carbocycles. The van der Waals surface area contributed by atoms with E-state index in [1.54, 1.807) is 23.2 Å². The second kappa shape index (κ2) is 9.33. The summed E-state index contributed by atoms with van der Waals surface area (Å²) in [5, 5.41) is 6.84. The number of nitrogens with zero attached hydrogens (tertiary/aromatic N) is 4. The molecule has 3 heterocycles. The van der Waals surface area contributed by atoms with Crippen LogP contribution in [0.1, 0.15) is 24.6 Å². The zero-order valence-corrected chi connectivity index (χ0v) is 19.7. The number of benzene rings is 2. The van der Waals surface area contributed by atoms with E-state index >= 15 is 0 Å². The molecule has 168 valence electrons. The molecule has 0 aliphatic carbocycles. The molecular formula is C27H28N4OS. The quantitative estimate of drug-likeness (QED) is 0.324. The number of hydrogen-bond donors (Lipinski definition) is 0. The summed E-state index contributed by atoms with van der Waals surface area (Å²) in [6, 6.07) is 16.5. The van der Waals surface area contributed by atoms with E-state index < -0.39 is 0 Å². The Balaban J connectivity index is 1.34. The second-order valence-corrected chi connectivity index (χ2v) is 9.62. The van der Waals surface area contributed by atoms with Crippen LogP contribution in [-0.2, 0) is 11.3 Å². The van der Waals surface area contributed by atoms with Crippen LogP contribution in [0.4, 0.5) is 5.69 Å². The van der Waals surface area contributed by atoms with Crippen molar-refractivity contribution in [1.29, 1.82) is 0 Å². The first-order valence-corrected chi connectivity index (χ1v) is 12.2. The Hall–Kier alpha value is -3.22. The van der Waals surface area contributed by atoms with E-state index in [0.29, 0.717) is 0 Å². The Kier molecular flexibility index (Phi) is 6.11. The molecule has 0 unspecified atom stereocenters. The lowest BCUT2D eigenvalue weighted by Crippen LogP contribution is -2.24. The van der Waals surface area contributed by atoms with Crippen molar-refractivity contribution in [2.45, 2.75) is 26.3 Å². The molecule has 6 heteroatoms. The molecule has 1 aliphatic rings. The lowest BCUT2D eigenvalue weighted by Gasteiger charge is -2.17. The lowest BCUT2D eigenvalue weighted by atomic mass is 10.2. The van der Waals surface area contributed by atoms with Crippen molar-refractivity contribution in [1.82, 2.24) is 14.7 Å². The van der Waals surface area contributed by atoms with Gasteiger partial charge >= 0.3 is 0 Å². The fourth-order valence-corrected chi connectivity index (χ4v) is 5.42. The minimum absolute atomic E-state index is 0.0452. The third kappa shape index (κ3) is 4.63. The summed E-state index contributed by atoms with van der Waals surface area (Å²) >= 11 is 1.71. The first kappa shape index (κ1) is 21.6. The first-order chi connectivity index (χ1) is 16.1. The van der Waals surface area contributed by atoms with Crippen molar-refractivity contribution >= 4 is 49.5 Å². The van der Waals surface area contributed by atoms with E-state index in [2.05, 4.69) is 45.5 Å².